The Morgan fingerprint density at radius 1 is 1.11 bits per heavy atom. The lowest BCUT2D eigenvalue weighted by Crippen LogP contribution is -3.00. The monoisotopic (exact) mass is 338 g/mol. The van der Waals surface area contributed by atoms with Crippen molar-refractivity contribution in [1.82, 2.24) is 4.57 Å². The summed E-state index contributed by atoms with van der Waals surface area (Å²) >= 11 is 18.4. The van der Waals surface area contributed by atoms with E-state index in [1.807, 2.05) is 34.4 Å². The molecule has 0 aliphatic heterocycles. The first kappa shape index (κ1) is 16.6. The van der Waals surface area contributed by atoms with Crippen LogP contribution >= 0.6 is 34.8 Å². The summed E-state index contributed by atoms with van der Waals surface area (Å²) in [5.74, 6) is 0. The zero-order valence-electron chi connectivity index (χ0n) is 10.8. The van der Waals surface area contributed by atoms with Gasteiger partial charge in [-0.25, -0.2) is 4.57 Å². The van der Waals surface area contributed by atoms with E-state index in [0.29, 0.717) is 21.4 Å². The summed E-state index contributed by atoms with van der Waals surface area (Å²) < 4.78 is 3.96. The van der Waals surface area contributed by atoms with E-state index in [0.717, 1.165) is 11.4 Å². The molecule has 0 bridgehead atoms. The van der Waals surface area contributed by atoms with Crippen LogP contribution in [0.4, 0.5) is 0 Å². The minimum absolute atomic E-state index is 0. The molecule has 6 heteroatoms. The molecule has 1 aromatic heterocycles. The van der Waals surface area contributed by atoms with Gasteiger partial charge in [-0.3, -0.25) is 0 Å². The molecule has 0 aliphatic rings. The van der Waals surface area contributed by atoms with Crippen LogP contribution < -0.4 is 17.0 Å². The number of imidazole rings is 1. The summed E-state index contributed by atoms with van der Waals surface area (Å²) in [5.41, 5.74) is 1.96. The Hall–Kier alpha value is -0.410. The van der Waals surface area contributed by atoms with Crippen molar-refractivity contribution in [2.45, 2.75) is 26.8 Å². The smallest absolute Gasteiger partial charge is 0.360 e. The van der Waals surface area contributed by atoms with Crippen LogP contribution in [0.25, 0.3) is 5.69 Å². The highest BCUT2D eigenvalue weighted by Gasteiger charge is 2.23. The molecular weight excluding hydrogens is 326 g/mol. The fraction of sp³-hybridized carbons (Fsp3) is 0.308. The molecule has 2 nitrogen and oxygen atoms in total. The third-order valence-corrected chi connectivity index (χ3v) is 3.90. The van der Waals surface area contributed by atoms with Gasteiger partial charge in [0.05, 0.1) is 16.1 Å². The molecule has 0 amide bonds. The Morgan fingerprint density at radius 3 is 2.21 bits per heavy atom. The Bertz CT molecular complexity index is 591. The van der Waals surface area contributed by atoms with Crippen molar-refractivity contribution >= 4 is 34.8 Å². The number of aryl methyl sites for hydroxylation is 1. The number of benzene rings is 1. The number of halogens is 4. The fourth-order valence-electron chi connectivity index (χ4n) is 1.87. The van der Waals surface area contributed by atoms with Crippen molar-refractivity contribution in [2.75, 3.05) is 0 Å². The van der Waals surface area contributed by atoms with Crippen molar-refractivity contribution in [1.29, 1.82) is 0 Å². The van der Waals surface area contributed by atoms with Gasteiger partial charge in [0.15, 0.2) is 0 Å². The van der Waals surface area contributed by atoms with Gasteiger partial charge in [0.2, 0.25) is 0 Å². The van der Waals surface area contributed by atoms with E-state index >= 15 is 0 Å². The second kappa shape index (κ2) is 6.36. The number of nitrogens with zero attached hydrogens (tertiary/aromatic N) is 2. The first-order valence-corrected chi connectivity index (χ1v) is 6.79. The molecule has 0 spiro atoms. The predicted molar refractivity (Wildman–Crippen MR) is 76.1 cm³/mol. The van der Waals surface area contributed by atoms with Gasteiger partial charge in [0.1, 0.15) is 17.6 Å². The molecule has 1 aromatic carbocycles. The lowest BCUT2D eigenvalue weighted by molar-refractivity contribution is -0.713. The molecule has 0 atom stereocenters. The quantitative estimate of drug-likeness (QED) is 0.735. The van der Waals surface area contributed by atoms with Gasteiger partial charge in [-0.1, -0.05) is 23.2 Å². The second-order valence-corrected chi connectivity index (χ2v) is 5.63. The Labute approximate surface area is 134 Å². The van der Waals surface area contributed by atoms with Gasteiger partial charge >= 0.3 is 5.28 Å². The van der Waals surface area contributed by atoms with E-state index in [1.165, 1.54) is 0 Å². The molecule has 0 saturated carbocycles. The van der Waals surface area contributed by atoms with Gasteiger partial charge in [-0.15, -0.1) is 0 Å². The molecule has 0 aliphatic carbocycles. The Kier molecular flexibility index (Phi) is 5.57. The maximum atomic E-state index is 6.40. The highest BCUT2D eigenvalue weighted by molar-refractivity contribution is 6.42. The van der Waals surface area contributed by atoms with E-state index in [2.05, 4.69) is 13.8 Å². The first-order valence-electron chi connectivity index (χ1n) is 5.66. The van der Waals surface area contributed by atoms with Gasteiger partial charge in [-0.05, 0) is 26.0 Å². The molecule has 2 rings (SSSR count). The average Bonchev–Trinajstić information content (AvgIpc) is 2.59. The normalized spacial score (nSPS) is 10.7. The maximum absolute atomic E-state index is 6.40. The topological polar surface area (TPSA) is 8.81 Å². The molecule has 1 heterocycles. The summed E-state index contributed by atoms with van der Waals surface area (Å²) in [5, 5.41) is 1.72. The van der Waals surface area contributed by atoms with E-state index in [9.17, 15) is 0 Å². The molecule has 0 N–H and O–H groups in total. The summed E-state index contributed by atoms with van der Waals surface area (Å²) in [7, 11) is 0. The fourth-order valence-corrected chi connectivity index (χ4v) is 2.64. The van der Waals surface area contributed by atoms with E-state index in [1.54, 1.807) is 6.07 Å². The van der Waals surface area contributed by atoms with Crippen molar-refractivity contribution < 1.29 is 17.0 Å². The molecule has 19 heavy (non-hydrogen) atoms. The summed E-state index contributed by atoms with van der Waals surface area (Å²) in [6.07, 6.45) is 2.02. The SMILES string of the molecule is Cc1c[n+](C(C)C)c(Cl)n1-c1ccc(Cl)c(Cl)c1.[Cl-]. The average molecular weight is 340 g/mol. The molecule has 0 saturated heterocycles. The zero-order chi connectivity index (χ0) is 13.4. The first-order chi connectivity index (χ1) is 8.41. The van der Waals surface area contributed by atoms with Crippen LogP contribution in [0, 0.1) is 6.92 Å². The molecule has 0 radical (unpaired) electrons. The van der Waals surface area contributed by atoms with Crippen molar-refractivity contribution in [3.63, 3.8) is 0 Å². The summed E-state index contributed by atoms with van der Waals surface area (Å²) in [6.45, 7) is 6.18. The minimum atomic E-state index is 0. The van der Waals surface area contributed by atoms with Crippen molar-refractivity contribution in [2.24, 2.45) is 0 Å². The van der Waals surface area contributed by atoms with Crippen LogP contribution in [-0.2, 0) is 0 Å². The maximum Gasteiger partial charge on any atom is 0.360 e. The second-order valence-electron chi connectivity index (χ2n) is 4.47. The molecule has 104 valence electrons. The van der Waals surface area contributed by atoms with Gasteiger partial charge in [0, 0.05) is 24.6 Å². The third kappa shape index (κ3) is 3.19. The molecule has 0 fully saturated rings. The van der Waals surface area contributed by atoms with E-state index in [4.69, 9.17) is 34.8 Å². The van der Waals surface area contributed by atoms with Gasteiger partial charge < -0.3 is 12.4 Å². The zero-order valence-corrected chi connectivity index (χ0v) is 13.8. The minimum Gasteiger partial charge on any atom is -1.00 e. The number of aromatic nitrogens is 2. The Balaban J connectivity index is 0.00000180. The van der Waals surface area contributed by atoms with E-state index < -0.39 is 0 Å². The third-order valence-electron chi connectivity index (χ3n) is 2.79. The van der Waals surface area contributed by atoms with Crippen LogP contribution in [0.15, 0.2) is 24.4 Å². The van der Waals surface area contributed by atoms with Crippen molar-refractivity contribution in [3.8, 4) is 5.69 Å². The highest BCUT2D eigenvalue weighted by Crippen LogP contribution is 2.26. The van der Waals surface area contributed by atoms with Gasteiger partial charge in [0.25, 0.3) is 0 Å². The van der Waals surface area contributed by atoms with Crippen LogP contribution in [0.1, 0.15) is 25.6 Å². The molecule has 0 unspecified atom stereocenters. The molecular formula is C13H14Cl4N2. The van der Waals surface area contributed by atoms with Crippen molar-refractivity contribution in [3.05, 3.63) is 45.4 Å². The largest absolute Gasteiger partial charge is 1.00 e. The lowest BCUT2D eigenvalue weighted by Gasteiger charge is -2.03. The van der Waals surface area contributed by atoms with E-state index in [-0.39, 0.29) is 12.4 Å². The lowest BCUT2D eigenvalue weighted by atomic mass is 10.3. The molecule has 2 aromatic rings. The predicted octanol–water partition coefficient (Wildman–Crippen LogP) is 1.62. The summed E-state index contributed by atoms with van der Waals surface area (Å²) in [4.78, 5) is 0. The van der Waals surface area contributed by atoms with Gasteiger partial charge in [-0.2, -0.15) is 4.57 Å². The van der Waals surface area contributed by atoms with Crippen LogP contribution in [0.2, 0.25) is 15.3 Å². The standard InChI is InChI=1S/C13H14Cl3N2.ClH/c1-8(2)17-7-9(3)18(13(17)16)10-4-5-11(14)12(15)6-10;/h4-8H,1-3H3;1H/q+1;/p-1. The van der Waals surface area contributed by atoms with Crippen LogP contribution in [-0.4, -0.2) is 4.57 Å². The highest BCUT2D eigenvalue weighted by atomic mass is 35.5. The summed E-state index contributed by atoms with van der Waals surface area (Å²) in [6, 6.07) is 5.79. The number of hydrogen-bond acceptors (Lipinski definition) is 0. The number of hydrogen-bond donors (Lipinski definition) is 0. The Morgan fingerprint density at radius 2 is 1.74 bits per heavy atom. The number of rotatable bonds is 2. The van der Waals surface area contributed by atoms with Crippen LogP contribution in [0.3, 0.4) is 0 Å². The van der Waals surface area contributed by atoms with Crippen LogP contribution in [0.5, 0.6) is 0 Å².